The van der Waals surface area contributed by atoms with Crippen LogP contribution in [0.25, 0.3) is 0 Å². The van der Waals surface area contributed by atoms with Gasteiger partial charge in [0.2, 0.25) is 0 Å². The fourth-order valence-corrected chi connectivity index (χ4v) is 3.62. The standard InChI is InChI=1S/C14H20N4O3/c1-18-9-3-2-4-10(18)6-8(5-9)17-13(19)11-12(14(20)21)16-7-15-11/h7-10H,2-6H2,1H3,(H,15,16)(H,17,19)(H,20,21). The third kappa shape index (κ3) is 2.65. The monoisotopic (exact) mass is 292 g/mol. The van der Waals surface area contributed by atoms with Crippen molar-refractivity contribution >= 4 is 11.9 Å². The number of nitrogens with one attached hydrogen (secondary N) is 2. The molecular formula is C14H20N4O3. The minimum Gasteiger partial charge on any atom is -0.477 e. The number of aromatic amines is 1. The Hall–Kier alpha value is -1.89. The number of piperidine rings is 2. The Kier molecular flexibility index (Phi) is 3.67. The first-order valence-electron chi connectivity index (χ1n) is 7.35. The van der Waals surface area contributed by atoms with E-state index in [0.29, 0.717) is 12.1 Å². The van der Waals surface area contributed by atoms with Crippen molar-refractivity contribution in [2.24, 2.45) is 0 Å². The molecule has 0 aliphatic carbocycles. The van der Waals surface area contributed by atoms with Crippen LogP contribution in [-0.4, -0.2) is 57.0 Å². The predicted molar refractivity (Wildman–Crippen MR) is 75.2 cm³/mol. The second kappa shape index (κ2) is 5.48. The highest BCUT2D eigenvalue weighted by Gasteiger charge is 2.37. The van der Waals surface area contributed by atoms with Gasteiger partial charge in [-0.2, -0.15) is 0 Å². The van der Waals surface area contributed by atoms with E-state index < -0.39 is 11.9 Å². The van der Waals surface area contributed by atoms with E-state index >= 15 is 0 Å². The molecule has 1 amide bonds. The molecular weight excluding hydrogens is 272 g/mol. The number of H-pyrrole nitrogens is 1. The first-order valence-corrected chi connectivity index (χ1v) is 7.35. The van der Waals surface area contributed by atoms with Gasteiger partial charge >= 0.3 is 5.97 Å². The lowest BCUT2D eigenvalue weighted by atomic mass is 9.82. The summed E-state index contributed by atoms with van der Waals surface area (Å²) in [5.41, 5.74) is -0.188. The van der Waals surface area contributed by atoms with Crippen LogP contribution < -0.4 is 5.32 Å². The second-order valence-corrected chi connectivity index (χ2v) is 5.98. The average Bonchev–Trinajstić information content (AvgIpc) is 2.89. The van der Waals surface area contributed by atoms with Gasteiger partial charge in [-0.15, -0.1) is 0 Å². The van der Waals surface area contributed by atoms with Gasteiger partial charge in [0.1, 0.15) is 0 Å². The Morgan fingerprint density at radius 1 is 1.38 bits per heavy atom. The number of amides is 1. The lowest BCUT2D eigenvalue weighted by Crippen LogP contribution is -2.55. The van der Waals surface area contributed by atoms with E-state index in [0.717, 1.165) is 12.8 Å². The van der Waals surface area contributed by atoms with Gasteiger partial charge < -0.3 is 20.3 Å². The van der Waals surface area contributed by atoms with Crippen LogP contribution in [0.5, 0.6) is 0 Å². The topological polar surface area (TPSA) is 98.3 Å². The SMILES string of the molecule is CN1C2CCCC1CC(NC(=O)c1nc[nH]c1C(=O)O)C2. The van der Waals surface area contributed by atoms with E-state index in [4.69, 9.17) is 5.11 Å². The first kappa shape index (κ1) is 14.1. The number of hydrogen-bond donors (Lipinski definition) is 3. The van der Waals surface area contributed by atoms with Gasteiger partial charge in [-0.05, 0) is 32.7 Å². The maximum Gasteiger partial charge on any atom is 0.354 e. The van der Waals surface area contributed by atoms with Gasteiger partial charge in [-0.1, -0.05) is 6.42 Å². The molecule has 114 valence electrons. The summed E-state index contributed by atoms with van der Waals surface area (Å²) in [4.78, 5) is 32.0. The van der Waals surface area contributed by atoms with Crippen LogP contribution in [0.15, 0.2) is 6.33 Å². The van der Waals surface area contributed by atoms with E-state index in [1.54, 1.807) is 0 Å². The highest BCUT2D eigenvalue weighted by molar-refractivity contribution is 6.02. The molecule has 2 atom stereocenters. The first-order chi connectivity index (χ1) is 10.1. The molecule has 3 rings (SSSR count). The van der Waals surface area contributed by atoms with E-state index in [1.807, 2.05) is 0 Å². The van der Waals surface area contributed by atoms with Crippen molar-refractivity contribution in [1.82, 2.24) is 20.2 Å². The molecule has 1 aromatic heterocycles. The Bertz CT molecular complexity index is 542. The largest absolute Gasteiger partial charge is 0.477 e. The minimum atomic E-state index is -1.17. The summed E-state index contributed by atoms with van der Waals surface area (Å²) in [5, 5.41) is 12.0. The zero-order chi connectivity index (χ0) is 15.0. The van der Waals surface area contributed by atoms with Crippen molar-refractivity contribution < 1.29 is 14.7 Å². The van der Waals surface area contributed by atoms with Gasteiger partial charge in [0.25, 0.3) is 5.91 Å². The van der Waals surface area contributed by atoms with Crippen LogP contribution in [0.4, 0.5) is 0 Å². The van der Waals surface area contributed by atoms with Gasteiger partial charge in [0.05, 0.1) is 6.33 Å². The Morgan fingerprint density at radius 3 is 2.67 bits per heavy atom. The number of fused-ring (bicyclic) bond motifs is 2. The van der Waals surface area contributed by atoms with Crippen molar-refractivity contribution in [2.45, 2.75) is 50.2 Å². The summed E-state index contributed by atoms with van der Waals surface area (Å²) in [5.74, 6) is -1.57. The number of aromatic carboxylic acids is 1. The zero-order valence-corrected chi connectivity index (χ0v) is 12.0. The van der Waals surface area contributed by atoms with Gasteiger partial charge in [0, 0.05) is 18.1 Å². The van der Waals surface area contributed by atoms with Crippen molar-refractivity contribution in [1.29, 1.82) is 0 Å². The average molecular weight is 292 g/mol. The summed E-state index contributed by atoms with van der Waals surface area (Å²) in [7, 11) is 2.16. The minimum absolute atomic E-state index is 0.0356. The Balaban J connectivity index is 1.68. The smallest absolute Gasteiger partial charge is 0.354 e. The molecule has 3 N–H and O–H groups in total. The molecule has 7 nitrogen and oxygen atoms in total. The fraction of sp³-hybridized carbons (Fsp3) is 0.643. The number of carbonyl (C=O) groups is 2. The normalized spacial score (nSPS) is 29.1. The summed E-state index contributed by atoms with van der Waals surface area (Å²) >= 11 is 0. The summed E-state index contributed by atoms with van der Waals surface area (Å²) in [6.07, 6.45) is 6.67. The molecule has 21 heavy (non-hydrogen) atoms. The fourth-order valence-electron chi connectivity index (χ4n) is 3.62. The van der Waals surface area contributed by atoms with Gasteiger partial charge in [-0.3, -0.25) is 4.79 Å². The molecule has 2 saturated heterocycles. The van der Waals surface area contributed by atoms with Crippen molar-refractivity contribution in [3.8, 4) is 0 Å². The molecule has 0 aromatic carbocycles. The quantitative estimate of drug-likeness (QED) is 0.767. The molecule has 2 unspecified atom stereocenters. The number of rotatable bonds is 3. The number of imidazole rings is 1. The van der Waals surface area contributed by atoms with Crippen LogP contribution in [0.2, 0.25) is 0 Å². The second-order valence-electron chi connectivity index (χ2n) is 5.98. The summed E-state index contributed by atoms with van der Waals surface area (Å²) in [6, 6.07) is 1.13. The highest BCUT2D eigenvalue weighted by atomic mass is 16.4. The summed E-state index contributed by atoms with van der Waals surface area (Å²) < 4.78 is 0. The van der Waals surface area contributed by atoms with Crippen molar-refractivity contribution in [3.05, 3.63) is 17.7 Å². The maximum atomic E-state index is 12.2. The number of nitrogens with zero attached hydrogens (tertiary/aromatic N) is 2. The molecule has 3 heterocycles. The molecule has 0 saturated carbocycles. The van der Waals surface area contributed by atoms with Crippen LogP contribution in [0, 0.1) is 0 Å². The molecule has 7 heteroatoms. The van der Waals surface area contributed by atoms with E-state index in [2.05, 4.69) is 27.2 Å². The lowest BCUT2D eigenvalue weighted by Gasteiger charge is -2.47. The predicted octanol–water partition coefficient (Wildman–Crippen LogP) is 0.853. The molecule has 2 aliphatic heterocycles. The summed E-state index contributed by atoms with van der Waals surface area (Å²) in [6.45, 7) is 0. The number of carboxylic acids is 1. The van der Waals surface area contributed by atoms with Crippen LogP contribution in [0.3, 0.4) is 0 Å². The molecule has 0 radical (unpaired) electrons. The Labute approximate surface area is 122 Å². The van der Waals surface area contributed by atoms with E-state index in [-0.39, 0.29) is 17.4 Å². The van der Waals surface area contributed by atoms with E-state index in [1.165, 1.54) is 25.6 Å². The number of carboxylic acid groups (broad SMARTS) is 1. The maximum absolute atomic E-state index is 12.2. The number of aromatic nitrogens is 2. The lowest BCUT2D eigenvalue weighted by molar-refractivity contribution is 0.0460. The zero-order valence-electron chi connectivity index (χ0n) is 12.0. The highest BCUT2D eigenvalue weighted by Crippen LogP contribution is 2.32. The van der Waals surface area contributed by atoms with Crippen LogP contribution in [0.1, 0.15) is 53.1 Å². The van der Waals surface area contributed by atoms with E-state index in [9.17, 15) is 9.59 Å². The number of carbonyl (C=O) groups excluding carboxylic acids is 1. The van der Waals surface area contributed by atoms with Crippen molar-refractivity contribution in [2.75, 3.05) is 7.05 Å². The molecule has 2 aliphatic rings. The molecule has 2 fully saturated rings. The molecule has 0 spiro atoms. The van der Waals surface area contributed by atoms with Crippen LogP contribution in [-0.2, 0) is 0 Å². The van der Waals surface area contributed by atoms with Gasteiger partial charge in [-0.25, -0.2) is 9.78 Å². The third-order valence-electron chi connectivity index (χ3n) is 4.74. The molecule has 1 aromatic rings. The Morgan fingerprint density at radius 2 is 2.05 bits per heavy atom. The third-order valence-corrected chi connectivity index (χ3v) is 4.74. The molecule has 2 bridgehead atoms. The van der Waals surface area contributed by atoms with Crippen molar-refractivity contribution in [3.63, 3.8) is 0 Å². The number of hydrogen-bond acceptors (Lipinski definition) is 4. The van der Waals surface area contributed by atoms with Gasteiger partial charge in [0.15, 0.2) is 11.4 Å². The van der Waals surface area contributed by atoms with Crippen LogP contribution >= 0.6 is 0 Å².